The molecule has 1 amide bonds. The van der Waals surface area contributed by atoms with Gasteiger partial charge in [0, 0.05) is 38.8 Å². The number of carbonyl (C=O) groups is 1. The zero-order valence-corrected chi connectivity index (χ0v) is 14.2. The van der Waals surface area contributed by atoms with E-state index >= 15 is 0 Å². The highest BCUT2D eigenvalue weighted by atomic mass is 35.5. The lowest BCUT2D eigenvalue weighted by molar-refractivity contribution is 0.0756. The Morgan fingerprint density at radius 1 is 1.33 bits per heavy atom. The summed E-state index contributed by atoms with van der Waals surface area (Å²) in [5.74, 6) is -0.144. The predicted octanol–water partition coefficient (Wildman–Crippen LogP) is 3.12. The maximum Gasteiger partial charge on any atom is 0.258 e. The summed E-state index contributed by atoms with van der Waals surface area (Å²) in [6.07, 6.45) is 0.814. The summed E-state index contributed by atoms with van der Waals surface area (Å²) in [6.45, 7) is 5.19. The quantitative estimate of drug-likeness (QED) is 0.852. The number of hydrogen-bond acceptors (Lipinski definition) is 4. The minimum Gasteiger partial charge on any atom is -0.361 e. The molecule has 0 aliphatic carbocycles. The predicted molar refractivity (Wildman–Crippen MR) is 88.4 cm³/mol. The molecule has 2 heterocycles. The Kier molecular flexibility index (Phi) is 5.16. The third-order valence-electron chi connectivity index (χ3n) is 4.11. The summed E-state index contributed by atoms with van der Waals surface area (Å²) >= 11 is 6.01. The van der Waals surface area contributed by atoms with E-state index in [0.29, 0.717) is 26.2 Å². The molecule has 1 saturated heterocycles. The second-order valence-corrected chi connectivity index (χ2v) is 6.35. The summed E-state index contributed by atoms with van der Waals surface area (Å²) in [5, 5.41) is 4.15. The molecule has 1 aromatic heterocycles. The molecule has 128 valence electrons. The molecular weight excluding hydrogens is 333 g/mol. The van der Waals surface area contributed by atoms with Crippen LogP contribution in [0.1, 0.15) is 28.2 Å². The highest BCUT2D eigenvalue weighted by Crippen LogP contribution is 2.21. The summed E-state index contributed by atoms with van der Waals surface area (Å²) in [7, 11) is 0. The molecule has 0 N–H and O–H groups in total. The van der Waals surface area contributed by atoms with Gasteiger partial charge in [0.15, 0.2) is 0 Å². The lowest BCUT2D eigenvalue weighted by Gasteiger charge is -2.22. The van der Waals surface area contributed by atoms with Gasteiger partial charge in [-0.2, -0.15) is 0 Å². The van der Waals surface area contributed by atoms with E-state index in [1.165, 1.54) is 18.2 Å². The third-order valence-corrected chi connectivity index (χ3v) is 4.43. The second kappa shape index (κ2) is 7.32. The minimum absolute atomic E-state index is 0.0419. The lowest BCUT2D eigenvalue weighted by Crippen LogP contribution is -2.35. The third kappa shape index (κ3) is 3.76. The van der Waals surface area contributed by atoms with Crippen molar-refractivity contribution < 1.29 is 13.7 Å². The molecule has 2 aromatic rings. The molecule has 3 rings (SSSR count). The molecule has 0 saturated carbocycles. The van der Waals surface area contributed by atoms with Crippen molar-refractivity contribution in [1.82, 2.24) is 15.0 Å². The SMILES string of the molecule is Cc1cc(CN2CCCN(C(=O)c3c(F)cccc3Cl)CC2)no1. The van der Waals surface area contributed by atoms with Crippen molar-refractivity contribution >= 4 is 17.5 Å². The summed E-state index contributed by atoms with van der Waals surface area (Å²) in [4.78, 5) is 16.5. The van der Waals surface area contributed by atoms with Crippen LogP contribution in [0.2, 0.25) is 5.02 Å². The Balaban J connectivity index is 1.66. The zero-order valence-electron chi connectivity index (χ0n) is 13.5. The number of rotatable bonds is 3. The van der Waals surface area contributed by atoms with E-state index < -0.39 is 5.82 Å². The van der Waals surface area contributed by atoms with Crippen LogP contribution in [0.5, 0.6) is 0 Å². The van der Waals surface area contributed by atoms with E-state index in [9.17, 15) is 9.18 Å². The van der Waals surface area contributed by atoms with Crippen molar-refractivity contribution in [3.05, 3.63) is 52.1 Å². The van der Waals surface area contributed by atoms with E-state index in [1.54, 1.807) is 4.90 Å². The molecule has 0 radical (unpaired) electrons. The number of aromatic nitrogens is 1. The molecule has 7 heteroatoms. The van der Waals surface area contributed by atoms with Crippen LogP contribution in [0, 0.1) is 12.7 Å². The van der Waals surface area contributed by atoms with Gasteiger partial charge in [-0.1, -0.05) is 22.8 Å². The van der Waals surface area contributed by atoms with Gasteiger partial charge in [-0.25, -0.2) is 4.39 Å². The summed E-state index contributed by atoms with van der Waals surface area (Å²) < 4.78 is 19.0. The van der Waals surface area contributed by atoms with Crippen LogP contribution in [0.25, 0.3) is 0 Å². The Morgan fingerprint density at radius 2 is 2.17 bits per heavy atom. The number of benzene rings is 1. The molecule has 0 atom stereocenters. The van der Waals surface area contributed by atoms with Crippen LogP contribution in [0.4, 0.5) is 4.39 Å². The molecule has 1 fully saturated rings. The van der Waals surface area contributed by atoms with Gasteiger partial charge in [-0.3, -0.25) is 9.69 Å². The monoisotopic (exact) mass is 351 g/mol. The molecule has 1 aliphatic rings. The van der Waals surface area contributed by atoms with E-state index in [-0.39, 0.29) is 16.5 Å². The first-order chi connectivity index (χ1) is 11.5. The van der Waals surface area contributed by atoms with Crippen LogP contribution in [0.3, 0.4) is 0 Å². The average molecular weight is 352 g/mol. The number of carbonyl (C=O) groups excluding carboxylic acids is 1. The van der Waals surface area contributed by atoms with Crippen LogP contribution in [-0.4, -0.2) is 47.0 Å². The van der Waals surface area contributed by atoms with Gasteiger partial charge >= 0.3 is 0 Å². The number of aryl methyl sites for hydroxylation is 1. The van der Waals surface area contributed by atoms with Gasteiger partial charge in [0.1, 0.15) is 11.6 Å². The molecule has 0 spiro atoms. The standard InChI is InChI=1S/C17H19ClFN3O2/c1-12-10-13(20-24-12)11-21-6-3-7-22(9-8-21)17(23)16-14(18)4-2-5-15(16)19/h2,4-5,10H,3,6-9,11H2,1H3. The highest BCUT2D eigenvalue weighted by molar-refractivity contribution is 6.33. The van der Waals surface area contributed by atoms with Crippen LogP contribution >= 0.6 is 11.6 Å². The van der Waals surface area contributed by atoms with Gasteiger partial charge in [-0.05, 0) is 25.5 Å². The highest BCUT2D eigenvalue weighted by Gasteiger charge is 2.24. The van der Waals surface area contributed by atoms with Gasteiger partial charge in [-0.15, -0.1) is 0 Å². The second-order valence-electron chi connectivity index (χ2n) is 5.95. The fourth-order valence-corrected chi connectivity index (χ4v) is 3.16. The number of halogens is 2. The first-order valence-corrected chi connectivity index (χ1v) is 8.30. The molecule has 0 unspecified atom stereocenters. The van der Waals surface area contributed by atoms with Crippen LogP contribution in [-0.2, 0) is 6.54 Å². The first kappa shape index (κ1) is 16.9. The first-order valence-electron chi connectivity index (χ1n) is 7.92. The molecule has 5 nitrogen and oxygen atoms in total. The number of hydrogen-bond donors (Lipinski definition) is 0. The van der Waals surface area contributed by atoms with Crippen molar-refractivity contribution in [2.75, 3.05) is 26.2 Å². The van der Waals surface area contributed by atoms with Crippen molar-refractivity contribution in [2.24, 2.45) is 0 Å². The zero-order chi connectivity index (χ0) is 17.1. The molecular formula is C17H19ClFN3O2. The largest absolute Gasteiger partial charge is 0.361 e. The van der Waals surface area contributed by atoms with Gasteiger partial charge < -0.3 is 9.42 Å². The van der Waals surface area contributed by atoms with E-state index in [4.69, 9.17) is 16.1 Å². The van der Waals surface area contributed by atoms with Crippen molar-refractivity contribution in [3.63, 3.8) is 0 Å². The van der Waals surface area contributed by atoms with Crippen LogP contribution in [0.15, 0.2) is 28.8 Å². The van der Waals surface area contributed by atoms with Crippen LogP contribution < -0.4 is 0 Å². The van der Waals surface area contributed by atoms with Gasteiger partial charge in [0.2, 0.25) is 0 Å². The van der Waals surface area contributed by atoms with Gasteiger partial charge in [0.25, 0.3) is 5.91 Å². The van der Waals surface area contributed by atoms with Crippen molar-refractivity contribution in [3.8, 4) is 0 Å². The maximum absolute atomic E-state index is 14.0. The fourth-order valence-electron chi connectivity index (χ4n) is 2.91. The average Bonchev–Trinajstić information content (AvgIpc) is 2.81. The molecule has 1 aromatic carbocycles. The Bertz CT molecular complexity index is 714. The molecule has 1 aliphatic heterocycles. The summed E-state index contributed by atoms with van der Waals surface area (Å²) in [5.41, 5.74) is 0.837. The molecule has 24 heavy (non-hydrogen) atoms. The smallest absolute Gasteiger partial charge is 0.258 e. The fraction of sp³-hybridized carbons (Fsp3) is 0.412. The molecule has 0 bridgehead atoms. The van der Waals surface area contributed by atoms with E-state index in [0.717, 1.165) is 24.4 Å². The lowest BCUT2D eigenvalue weighted by atomic mass is 10.1. The van der Waals surface area contributed by atoms with E-state index in [1.807, 2.05) is 13.0 Å². The Morgan fingerprint density at radius 3 is 2.88 bits per heavy atom. The number of nitrogens with zero attached hydrogens (tertiary/aromatic N) is 3. The van der Waals surface area contributed by atoms with Crippen molar-refractivity contribution in [2.45, 2.75) is 19.9 Å². The summed E-state index contributed by atoms with van der Waals surface area (Å²) in [6, 6.07) is 6.20. The normalized spacial score (nSPS) is 16.2. The van der Waals surface area contributed by atoms with Gasteiger partial charge in [0.05, 0.1) is 16.3 Å². The number of amides is 1. The Labute approximate surface area is 145 Å². The maximum atomic E-state index is 14.0. The van der Waals surface area contributed by atoms with Crippen molar-refractivity contribution in [1.29, 1.82) is 0 Å². The minimum atomic E-state index is -0.577. The van der Waals surface area contributed by atoms with E-state index in [2.05, 4.69) is 10.1 Å². The topological polar surface area (TPSA) is 49.6 Å². The Hall–Kier alpha value is -1.92.